The summed E-state index contributed by atoms with van der Waals surface area (Å²) in [6.07, 6.45) is 2.24. The van der Waals surface area contributed by atoms with Crippen LogP contribution in [0.5, 0.6) is 0 Å². The third-order valence-electron chi connectivity index (χ3n) is 6.02. The quantitative estimate of drug-likeness (QED) is 0.816. The molecule has 2 aromatic rings. The van der Waals surface area contributed by atoms with Crippen LogP contribution in [-0.4, -0.2) is 12.6 Å². The summed E-state index contributed by atoms with van der Waals surface area (Å²) in [5.41, 5.74) is 3.38. The van der Waals surface area contributed by atoms with Gasteiger partial charge in [-0.15, -0.1) is 0 Å². The lowest BCUT2D eigenvalue weighted by Gasteiger charge is -2.35. The van der Waals surface area contributed by atoms with Gasteiger partial charge in [-0.05, 0) is 29.0 Å². The molecule has 1 aliphatic rings. The number of hydrogen-bond donors (Lipinski definition) is 1. The second-order valence-electron chi connectivity index (χ2n) is 8.28. The first-order chi connectivity index (χ1) is 11.3. The molecule has 1 saturated heterocycles. The number of carbonyl (C=O) groups is 1. The standard InChI is InChI=1S/C21H26BNO/c1-20(2)14-22(15-21(20,3)4)18-13-9-8-12-17(18)19(24)23-16-10-6-5-7-11-16/h5-13H,14-15H2,1-4H3,(H,23,24). The topological polar surface area (TPSA) is 29.1 Å². The molecule has 0 saturated carbocycles. The fraction of sp³-hybridized carbons (Fsp3) is 0.381. The monoisotopic (exact) mass is 319 g/mol. The highest BCUT2D eigenvalue weighted by Gasteiger charge is 2.48. The van der Waals surface area contributed by atoms with E-state index in [1.807, 2.05) is 48.5 Å². The molecule has 0 bridgehead atoms. The van der Waals surface area contributed by atoms with Crippen LogP contribution >= 0.6 is 0 Å². The molecule has 0 unspecified atom stereocenters. The first-order valence-corrected chi connectivity index (χ1v) is 8.75. The number of amides is 1. The van der Waals surface area contributed by atoms with Crippen LogP contribution in [0, 0.1) is 10.8 Å². The number of anilines is 1. The van der Waals surface area contributed by atoms with E-state index in [4.69, 9.17) is 0 Å². The van der Waals surface area contributed by atoms with Crippen molar-refractivity contribution < 1.29 is 4.79 Å². The minimum Gasteiger partial charge on any atom is -0.322 e. The lowest BCUT2D eigenvalue weighted by Crippen LogP contribution is -2.34. The zero-order valence-corrected chi connectivity index (χ0v) is 15.1. The van der Waals surface area contributed by atoms with Gasteiger partial charge in [-0.25, -0.2) is 0 Å². The Bertz CT molecular complexity index is 721. The van der Waals surface area contributed by atoms with Crippen molar-refractivity contribution in [2.24, 2.45) is 10.8 Å². The van der Waals surface area contributed by atoms with Crippen LogP contribution in [-0.2, 0) is 0 Å². The van der Waals surface area contributed by atoms with E-state index in [1.54, 1.807) is 0 Å². The second kappa shape index (κ2) is 6.12. The predicted octanol–water partition coefficient (Wildman–Crippen LogP) is 4.71. The van der Waals surface area contributed by atoms with Gasteiger partial charge in [-0.1, -0.05) is 82.2 Å². The molecule has 0 radical (unpaired) electrons. The van der Waals surface area contributed by atoms with Crippen LogP contribution in [0.15, 0.2) is 54.6 Å². The summed E-state index contributed by atoms with van der Waals surface area (Å²) in [5, 5.41) is 3.02. The Morgan fingerprint density at radius 2 is 1.42 bits per heavy atom. The van der Waals surface area contributed by atoms with E-state index < -0.39 is 0 Å². The predicted molar refractivity (Wildman–Crippen MR) is 103 cm³/mol. The number of nitrogens with one attached hydrogen (secondary N) is 1. The van der Waals surface area contributed by atoms with Crippen LogP contribution in [0.1, 0.15) is 38.1 Å². The molecule has 0 aliphatic carbocycles. The number of rotatable bonds is 3. The van der Waals surface area contributed by atoms with Gasteiger partial charge in [0.05, 0.1) is 0 Å². The van der Waals surface area contributed by atoms with Crippen molar-refractivity contribution in [2.75, 3.05) is 5.32 Å². The Kier molecular flexibility index (Phi) is 4.29. The molecule has 1 fully saturated rings. The molecule has 1 heterocycles. The Hall–Kier alpha value is -2.03. The Labute approximate surface area is 145 Å². The van der Waals surface area contributed by atoms with Crippen LogP contribution in [0.2, 0.25) is 12.6 Å². The third kappa shape index (κ3) is 3.12. The van der Waals surface area contributed by atoms with Crippen molar-refractivity contribution in [1.82, 2.24) is 0 Å². The lowest BCUT2D eigenvalue weighted by molar-refractivity contribution is 0.102. The van der Waals surface area contributed by atoms with Gasteiger partial charge in [0.2, 0.25) is 0 Å². The Balaban J connectivity index is 1.88. The summed E-state index contributed by atoms with van der Waals surface area (Å²) < 4.78 is 0. The van der Waals surface area contributed by atoms with E-state index in [2.05, 4.69) is 39.1 Å². The SMILES string of the molecule is CC1(C)CB(c2ccccc2C(=O)Nc2ccccc2)CC1(C)C. The van der Waals surface area contributed by atoms with Crippen LogP contribution in [0.3, 0.4) is 0 Å². The summed E-state index contributed by atoms with van der Waals surface area (Å²) in [7, 11) is 0. The maximum Gasteiger partial charge on any atom is 0.255 e. The lowest BCUT2D eigenvalue weighted by atomic mass is 9.41. The molecule has 0 aromatic heterocycles. The maximum absolute atomic E-state index is 12.8. The van der Waals surface area contributed by atoms with E-state index in [0.717, 1.165) is 23.9 Å². The van der Waals surface area contributed by atoms with Crippen molar-refractivity contribution in [3.63, 3.8) is 0 Å². The minimum absolute atomic E-state index is 0.0145. The maximum atomic E-state index is 12.8. The molecular weight excluding hydrogens is 293 g/mol. The van der Waals surface area contributed by atoms with Crippen molar-refractivity contribution in [3.8, 4) is 0 Å². The van der Waals surface area contributed by atoms with E-state index in [9.17, 15) is 4.79 Å². The molecule has 1 amide bonds. The molecule has 2 nitrogen and oxygen atoms in total. The first-order valence-electron chi connectivity index (χ1n) is 8.75. The van der Waals surface area contributed by atoms with Gasteiger partial charge in [0.1, 0.15) is 0 Å². The fourth-order valence-corrected chi connectivity index (χ4v) is 3.86. The Morgan fingerprint density at radius 1 is 0.875 bits per heavy atom. The molecule has 1 aliphatic heterocycles. The molecule has 0 atom stereocenters. The molecule has 3 heteroatoms. The molecule has 1 N–H and O–H groups in total. The molecule has 2 aromatic carbocycles. The zero-order chi connectivity index (χ0) is 17.4. The Morgan fingerprint density at radius 3 is 2.04 bits per heavy atom. The molecule has 0 spiro atoms. The zero-order valence-electron chi connectivity index (χ0n) is 15.1. The smallest absolute Gasteiger partial charge is 0.255 e. The average molecular weight is 319 g/mol. The molecule has 3 rings (SSSR count). The van der Waals surface area contributed by atoms with Crippen molar-refractivity contribution in [3.05, 3.63) is 60.2 Å². The van der Waals surface area contributed by atoms with Crippen LogP contribution in [0.25, 0.3) is 0 Å². The third-order valence-corrected chi connectivity index (χ3v) is 6.02. The molecule has 24 heavy (non-hydrogen) atoms. The summed E-state index contributed by atoms with van der Waals surface area (Å²) >= 11 is 0. The fourth-order valence-electron chi connectivity index (χ4n) is 3.86. The first kappa shape index (κ1) is 16.8. The number of benzene rings is 2. The van der Waals surface area contributed by atoms with Gasteiger partial charge < -0.3 is 5.32 Å². The summed E-state index contributed by atoms with van der Waals surface area (Å²) in [6, 6.07) is 17.7. The summed E-state index contributed by atoms with van der Waals surface area (Å²) in [5.74, 6) is -0.0145. The largest absolute Gasteiger partial charge is 0.322 e. The van der Waals surface area contributed by atoms with Gasteiger partial charge in [0.25, 0.3) is 5.91 Å². The average Bonchev–Trinajstić information content (AvgIpc) is 2.76. The van der Waals surface area contributed by atoms with Gasteiger partial charge >= 0.3 is 0 Å². The number of hydrogen-bond acceptors (Lipinski definition) is 1. The highest BCUT2D eigenvalue weighted by molar-refractivity contribution is 6.75. The van der Waals surface area contributed by atoms with Gasteiger partial charge in [0.15, 0.2) is 6.71 Å². The van der Waals surface area contributed by atoms with Crippen molar-refractivity contribution in [2.45, 2.75) is 40.3 Å². The van der Waals surface area contributed by atoms with Crippen molar-refractivity contribution in [1.29, 1.82) is 0 Å². The summed E-state index contributed by atoms with van der Waals surface area (Å²) in [4.78, 5) is 12.8. The number of carbonyl (C=O) groups excluding carboxylic acids is 1. The van der Waals surface area contributed by atoms with Gasteiger partial charge in [-0.2, -0.15) is 0 Å². The van der Waals surface area contributed by atoms with E-state index >= 15 is 0 Å². The van der Waals surface area contributed by atoms with E-state index in [1.165, 1.54) is 5.46 Å². The van der Waals surface area contributed by atoms with E-state index in [0.29, 0.717) is 6.71 Å². The van der Waals surface area contributed by atoms with Gasteiger partial charge in [-0.3, -0.25) is 4.79 Å². The minimum atomic E-state index is -0.0145. The normalized spacial score (nSPS) is 18.4. The van der Waals surface area contributed by atoms with Crippen molar-refractivity contribution >= 4 is 23.8 Å². The van der Waals surface area contributed by atoms with Crippen LogP contribution in [0.4, 0.5) is 5.69 Å². The molecular formula is C21H26BNO. The molecule has 124 valence electrons. The summed E-state index contributed by atoms with van der Waals surface area (Å²) in [6.45, 7) is 9.83. The highest BCUT2D eigenvalue weighted by atomic mass is 16.1. The van der Waals surface area contributed by atoms with Crippen LogP contribution < -0.4 is 10.8 Å². The highest BCUT2D eigenvalue weighted by Crippen LogP contribution is 2.52. The van der Waals surface area contributed by atoms with E-state index in [-0.39, 0.29) is 16.7 Å². The van der Waals surface area contributed by atoms with Gasteiger partial charge in [0, 0.05) is 11.3 Å². The number of para-hydroxylation sites is 1. The second-order valence-corrected chi connectivity index (χ2v) is 8.28.